The summed E-state index contributed by atoms with van der Waals surface area (Å²) in [6, 6.07) is 7.87. The molecule has 0 heterocycles. The molecule has 0 N–H and O–H groups in total. The van der Waals surface area contributed by atoms with E-state index in [0.717, 1.165) is 18.2 Å². The zero-order chi connectivity index (χ0) is 14.6. The number of carbonyl (C=O) groups is 1. The summed E-state index contributed by atoms with van der Waals surface area (Å²) in [5.41, 5.74) is 2.11. The maximum atomic E-state index is 11.8. The maximum Gasteiger partial charge on any atom is 0.155 e. The highest BCUT2D eigenvalue weighted by atomic mass is 32.2. The topological polar surface area (TPSA) is 51.2 Å². The van der Waals surface area contributed by atoms with Gasteiger partial charge in [-0.25, -0.2) is 8.42 Å². The van der Waals surface area contributed by atoms with Gasteiger partial charge in [0.1, 0.15) is 5.75 Å². The van der Waals surface area contributed by atoms with Crippen LogP contribution in [0, 0.1) is 5.92 Å². The molecule has 0 bridgehead atoms. The van der Waals surface area contributed by atoms with Gasteiger partial charge in [-0.1, -0.05) is 45.0 Å². The average Bonchev–Trinajstić information content (AvgIpc) is 2.26. The molecule has 19 heavy (non-hydrogen) atoms. The first kappa shape index (κ1) is 15.9. The van der Waals surface area contributed by atoms with Gasteiger partial charge in [0.05, 0.1) is 0 Å². The van der Waals surface area contributed by atoms with Crippen LogP contribution in [0.5, 0.6) is 0 Å². The Bertz CT molecular complexity index is 527. The second kappa shape index (κ2) is 6.33. The van der Waals surface area contributed by atoms with Gasteiger partial charge in [0.2, 0.25) is 0 Å². The van der Waals surface area contributed by atoms with Gasteiger partial charge >= 0.3 is 0 Å². The second-order valence-corrected chi connectivity index (χ2v) is 7.74. The third-order valence-electron chi connectivity index (χ3n) is 3.01. The van der Waals surface area contributed by atoms with Crippen LogP contribution in [0.2, 0.25) is 0 Å². The van der Waals surface area contributed by atoms with Crippen molar-refractivity contribution in [1.82, 2.24) is 0 Å². The van der Waals surface area contributed by atoms with Crippen LogP contribution in [0.3, 0.4) is 0 Å². The van der Waals surface area contributed by atoms with Crippen molar-refractivity contribution >= 4 is 15.6 Å². The molecule has 0 fully saturated rings. The second-order valence-electron chi connectivity index (χ2n) is 5.60. The summed E-state index contributed by atoms with van der Waals surface area (Å²) in [6.07, 6.45) is 2.09. The molecule has 0 spiro atoms. The van der Waals surface area contributed by atoms with E-state index in [1.54, 1.807) is 6.92 Å². The molecule has 0 radical (unpaired) electrons. The van der Waals surface area contributed by atoms with E-state index in [0.29, 0.717) is 5.92 Å². The molecule has 1 rings (SSSR count). The zero-order valence-corrected chi connectivity index (χ0v) is 12.8. The maximum absolute atomic E-state index is 11.8. The van der Waals surface area contributed by atoms with Crippen molar-refractivity contribution in [3.8, 4) is 0 Å². The smallest absolute Gasteiger partial charge is 0.155 e. The number of rotatable bonds is 6. The number of carbonyl (C=O) groups excluding carboxylic acids is 1. The molecule has 106 valence electrons. The molecule has 1 aromatic rings. The lowest BCUT2D eigenvalue weighted by atomic mass is 9.94. The molecule has 0 aliphatic rings. The van der Waals surface area contributed by atoms with E-state index < -0.39 is 9.84 Å². The van der Waals surface area contributed by atoms with Gasteiger partial charge in [0, 0.05) is 12.2 Å². The Kier molecular flexibility index (Phi) is 5.29. The van der Waals surface area contributed by atoms with Gasteiger partial charge in [0.25, 0.3) is 0 Å². The van der Waals surface area contributed by atoms with Crippen LogP contribution in [0.4, 0.5) is 0 Å². The standard InChI is InChI=1S/C15H22O3S/c1-11(2)9-13-5-7-14(8-6-13)12(3)15(16)10-19(4,17)18/h5-8,11-12H,9-10H2,1-4H3/t12-/m1/s1. The number of ketones is 1. The molecule has 0 amide bonds. The van der Waals surface area contributed by atoms with Gasteiger partial charge in [-0.15, -0.1) is 0 Å². The molecule has 0 aromatic heterocycles. The van der Waals surface area contributed by atoms with E-state index in [1.165, 1.54) is 5.56 Å². The highest BCUT2D eigenvalue weighted by molar-refractivity contribution is 7.91. The minimum absolute atomic E-state index is 0.251. The predicted molar refractivity (Wildman–Crippen MR) is 78.1 cm³/mol. The summed E-state index contributed by atoms with van der Waals surface area (Å²) in [5.74, 6) is -0.417. The SMILES string of the molecule is CC(C)Cc1ccc([C@@H](C)C(=O)CS(C)(=O)=O)cc1. The minimum atomic E-state index is -3.25. The normalized spacial score (nSPS) is 13.5. The molecule has 1 atom stereocenters. The van der Waals surface area contributed by atoms with E-state index >= 15 is 0 Å². The molecule has 0 aliphatic carbocycles. The average molecular weight is 282 g/mol. The largest absolute Gasteiger partial charge is 0.298 e. The van der Waals surface area contributed by atoms with Crippen LogP contribution < -0.4 is 0 Å². The quantitative estimate of drug-likeness (QED) is 0.806. The molecule has 3 nitrogen and oxygen atoms in total. The molecule has 1 aromatic carbocycles. The van der Waals surface area contributed by atoms with Crippen molar-refractivity contribution in [1.29, 1.82) is 0 Å². The summed E-state index contributed by atoms with van der Waals surface area (Å²) in [7, 11) is -3.25. The lowest BCUT2D eigenvalue weighted by molar-refractivity contribution is -0.117. The third-order valence-corrected chi connectivity index (χ3v) is 3.82. The van der Waals surface area contributed by atoms with Crippen molar-refractivity contribution in [2.75, 3.05) is 12.0 Å². The monoisotopic (exact) mass is 282 g/mol. The van der Waals surface area contributed by atoms with E-state index in [1.807, 2.05) is 24.3 Å². The molecule has 4 heteroatoms. The first-order chi connectivity index (χ1) is 8.69. The van der Waals surface area contributed by atoms with E-state index in [-0.39, 0.29) is 17.5 Å². The lowest BCUT2D eigenvalue weighted by Gasteiger charge is -2.12. The Morgan fingerprint density at radius 3 is 2.05 bits per heavy atom. The van der Waals surface area contributed by atoms with Crippen molar-refractivity contribution in [2.24, 2.45) is 5.92 Å². The van der Waals surface area contributed by atoms with Crippen molar-refractivity contribution in [3.05, 3.63) is 35.4 Å². The summed E-state index contributed by atoms with van der Waals surface area (Å²) < 4.78 is 22.3. The van der Waals surface area contributed by atoms with Gasteiger partial charge < -0.3 is 0 Å². The zero-order valence-electron chi connectivity index (χ0n) is 12.0. The molecular weight excluding hydrogens is 260 g/mol. The van der Waals surface area contributed by atoms with Crippen molar-refractivity contribution < 1.29 is 13.2 Å². The molecule has 0 unspecified atom stereocenters. The van der Waals surface area contributed by atoms with Gasteiger partial charge in [-0.3, -0.25) is 4.79 Å². The fourth-order valence-corrected chi connectivity index (χ4v) is 2.75. The fraction of sp³-hybridized carbons (Fsp3) is 0.533. The van der Waals surface area contributed by atoms with Crippen molar-refractivity contribution in [3.63, 3.8) is 0 Å². The molecular formula is C15H22O3S. The Morgan fingerprint density at radius 1 is 1.11 bits per heavy atom. The van der Waals surface area contributed by atoms with E-state index in [4.69, 9.17) is 0 Å². The van der Waals surface area contributed by atoms with Gasteiger partial charge in [-0.2, -0.15) is 0 Å². The Balaban J connectivity index is 2.77. The highest BCUT2D eigenvalue weighted by Gasteiger charge is 2.19. The Morgan fingerprint density at radius 2 is 1.63 bits per heavy atom. The number of hydrogen-bond donors (Lipinski definition) is 0. The summed E-state index contributed by atoms with van der Waals surface area (Å²) in [6.45, 7) is 6.07. The fourth-order valence-electron chi connectivity index (χ4n) is 1.98. The molecule has 0 aliphatic heterocycles. The van der Waals surface area contributed by atoms with Crippen LogP contribution in [-0.2, 0) is 21.1 Å². The van der Waals surface area contributed by atoms with Crippen LogP contribution in [0.25, 0.3) is 0 Å². The van der Waals surface area contributed by atoms with Crippen molar-refractivity contribution in [2.45, 2.75) is 33.1 Å². The third kappa shape index (κ3) is 5.55. The molecule has 0 saturated heterocycles. The van der Waals surface area contributed by atoms with Crippen LogP contribution in [0.1, 0.15) is 37.8 Å². The summed E-state index contributed by atoms with van der Waals surface area (Å²) >= 11 is 0. The summed E-state index contributed by atoms with van der Waals surface area (Å²) in [5, 5.41) is 0. The highest BCUT2D eigenvalue weighted by Crippen LogP contribution is 2.19. The Labute approximate surface area is 116 Å². The molecule has 0 saturated carbocycles. The van der Waals surface area contributed by atoms with Crippen LogP contribution >= 0.6 is 0 Å². The number of Topliss-reactive ketones (excluding diaryl/α,β-unsaturated/α-hetero) is 1. The first-order valence-corrected chi connectivity index (χ1v) is 8.54. The van der Waals surface area contributed by atoms with Gasteiger partial charge in [0.15, 0.2) is 15.6 Å². The number of hydrogen-bond acceptors (Lipinski definition) is 3. The number of sulfone groups is 1. The lowest BCUT2D eigenvalue weighted by Crippen LogP contribution is -2.19. The predicted octanol–water partition coefficient (Wildman–Crippen LogP) is 2.60. The van der Waals surface area contributed by atoms with Gasteiger partial charge in [-0.05, 0) is 23.5 Å². The Hall–Kier alpha value is -1.16. The first-order valence-electron chi connectivity index (χ1n) is 6.48. The minimum Gasteiger partial charge on any atom is -0.298 e. The summed E-state index contributed by atoms with van der Waals surface area (Å²) in [4.78, 5) is 11.8. The van der Waals surface area contributed by atoms with E-state index in [9.17, 15) is 13.2 Å². The van der Waals surface area contributed by atoms with Crippen LogP contribution in [-0.4, -0.2) is 26.2 Å². The number of benzene rings is 1. The van der Waals surface area contributed by atoms with E-state index in [2.05, 4.69) is 13.8 Å². The van der Waals surface area contributed by atoms with Crippen LogP contribution in [0.15, 0.2) is 24.3 Å².